The fourth-order valence-electron chi connectivity index (χ4n) is 5.20. The lowest BCUT2D eigenvalue weighted by Gasteiger charge is -2.34. The highest BCUT2D eigenvalue weighted by Crippen LogP contribution is 2.27. The summed E-state index contributed by atoms with van der Waals surface area (Å²) in [5.41, 5.74) is 0.341. The Balaban J connectivity index is 1.72. The maximum Gasteiger partial charge on any atom is 0.259 e. The third kappa shape index (κ3) is 4.65. The summed E-state index contributed by atoms with van der Waals surface area (Å²) in [6.45, 7) is 8.27. The highest BCUT2D eigenvalue weighted by molar-refractivity contribution is 7.89. The van der Waals surface area contributed by atoms with Gasteiger partial charge < -0.3 is 14.4 Å². The van der Waals surface area contributed by atoms with E-state index in [9.17, 15) is 18.0 Å². The number of benzene rings is 1. The molecule has 186 valence electrons. The molecule has 9 heteroatoms. The molecule has 1 aromatic carbocycles. The summed E-state index contributed by atoms with van der Waals surface area (Å²) < 4.78 is 30.1. The molecule has 8 nitrogen and oxygen atoms in total. The molecular formula is C25H36N4O4S. The third-order valence-electron chi connectivity index (χ3n) is 7.50. The smallest absolute Gasteiger partial charge is 0.259 e. The molecule has 0 spiro atoms. The Morgan fingerprint density at radius 2 is 1.71 bits per heavy atom. The average molecular weight is 489 g/mol. The van der Waals surface area contributed by atoms with Gasteiger partial charge in [-0.25, -0.2) is 8.42 Å². The maximum atomic E-state index is 13.5. The number of nitrogens with zero attached hydrogens (tertiary/aromatic N) is 4. The number of carbonyl (C=O) groups excluding carboxylic acids is 1. The van der Waals surface area contributed by atoms with E-state index in [0.29, 0.717) is 25.2 Å². The number of aromatic nitrogens is 1. The standard InChI is InChI=1S/C25H36N4O4S/c1-4-27-13-15-29(16-14-27)25(31)22-18-28(5-2)23-12-11-20(17-21(23)24(22)30)34(32,33)26(3)19-9-7-6-8-10-19/h11-12,17-19H,4-10,13-16H2,1-3H3. The quantitative estimate of drug-likeness (QED) is 0.624. The number of carbonyl (C=O) groups is 1. The molecule has 2 aromatic rings. The fourth-order valence-corrected chi connectivity index (χ4v) is 6.64. The lowest BCUT2D eigenvalue weighted by molar-refractivity contribution is 0.0641. The van der Waals surface area contributed by atoms with Crippen LogP contribution >= 0.6 is 0 Å². The van der Waals surface area contributed by atoms with Crippen molar-refractivity contribution in [2.75, 3.05) is 39.8 Å². The van der Waals surface area contributed by atoms with Crippen LogP contribution < -0.4 is 5.43 Å². The van der Waals surface area contributed by atoms with Gasteiger partial charge in [0.05, 0.1) is 10.4 Å². The van der Waals surface area contributed by atoms with Crippen LogP contribution in [-0.2, 0) is 16.6 Å². The number of hydrogen-bond donors (Lipinski definition) is 0. The highest BCUT2D eigenvalue weighted by Gasteiger charge is 2.30. The molecule has 1 saturated heterocycles. The van der Waals surface area contributed by atoms with Gasteiger partial charge in [0.2, 0.25) is 15.5 Å². The molecule has 2 aliphatic rings. The topological polar surface area (TPSA) is 82.9 Å². The zero-order valence-corrected chi connectivity index (χ0v) is 21.3. The minimum atomic E-state index is -3.74. The van der Waals surface area contributed by atoms with Gasteiger partial charge in [0.25, 0.3) is 5.91 Å². The minimum absolute atomic E-state index is 0.0172. The molecule has 1 saturated carbocycles. The minimum Gasteiger partial charge on any atom is -0.347 e. The second-order valence-electron chi connectivity index (χ2n) is 9.38. The number of amides is 1. The first-order valence-corrected chi connectivity index (χ1v) is 13.9. The summed E-state index contributed by atoms with van der Waals surface area (Å²) in [6.07, 6.45) is 6.54. The number of sulfonamides is 1. The molecule has 1 aromatic heterocycles. The van der Waals surface area contributed by atoms with Crippen LogP contribution in [0.4, 0.5) is 0 Å². The van der Waals surface area contributed by atoms with E-state index in [1.807, 2.05) is 11.5 Å². The van der Waals surface area contributed by atoms with Gasteiger partial charge in [-0.05, 0) is 44.5 Å². The molecule has 34 heavy (non-hydrogen) atoms. The number of piperazine rings is 1. The molecule has 1 aliphatic heterocycles. The van der Waals surface area contributed by atoms with Crippen LogP contribution in [0.25, 0.3) is 10.9 Å². The predicted octanol–water partition coefficient (Wildman–Crippen LogP) is 2.75. The van der Waals surface area contributed by atoms with E-state index in [4.69, 9.17) is 0 Å². The van der Waals surface area contributed by atoms with Gasteiger partial charge >= 0.3 is 0 Å². The first-order chi connectivity index (χ1) is 16.3. The molecule has 0 atom stereocenters. The van der Waals surface area contributed by atoms with E-state index < -0.39 is 15.5 Å². The van der Waals surface area contributed by atoms with Crippen LogP contribution in [0.3, 0.4) is 0 Å². The largest absolute Gasteiger partial charge is 0.347 e. The number of aryl methyl sites for hydroxylation is 1. The Hall–Kier alpha value is -2.23. The molecule has 0 radical (unpaired) electrons. The van der Waals surface area contributed by atoms with Crippen LogP contribution in [0.1, 0.15) is 56.3 Å². The Kier molecular flexibility index (Phi) is 7.45. The van der Waals surface area contributed by atoms with E-state index in [1.54, 1.807) is 30.3 Å². The predicted molar refractivity (Wildman–Crippen MR) is 134 cm³/mol. The van der Waals surface area contributed by atoms with Crippen molar-refractivity contribution in [2.24, 2.45) is 0 Å². The van der Waals surface area contributed by atoms with Gasteiger partial charge in [0.15, 0.2) is 0 Å². The normalized spacial score (nSPS) is 18.6. The second kappa shape index (κ2) is 10.2. The summed E-state index contributed by atoms with van der Waals surface area (Å²) in [5, 5.41) is 0.276. The van der Waals surface area contributed by atoms with Gasteiger partial charge in [-0.1, -0.05) is 26.2 Å². The van der Waals surface area contributed by atoms with Crippen molar-refractivity contribution in [1.29, 1.82) is 0 Å². The van der Waals surface area contributed by atoms with Gasteiger partial charge in [-0.3, -0.25) is 9.59 Å². The Morgan fingerprint density at radius 3 is 2.32 bits per heavy atom. The fraction of sp³-hybridized carbons (Fsp3) is 0.600. The van der Waals surface area contributed by atoms with E-state index >= 15 is 0 Å². The molecular weight excluding hydrogens is 452 g/mol. The second-order valence-corrected chi connectivity index (χ2v) is 11.4. The van der Waals surface area contributed by atoms with Gasteiger partial charge in [-0.2, -0.15) is 4.31 Å². The highest BCUT2D eigenvalue weighted by atomic mass is 32.2. The van der Waals surface area contributed by atoms with E-state index in [-0.39, 0.29) is 27.8 Å². The van der Waals surface area contributed by atoms with Crippen molar-refractivity contribution in [3.05, 3.63) is 40.2 Å². The van der Waals surface area contributed by atoms with E-state index in [0.717, 1.165) is 51.7 Å². The zero-order chi connectivity index (χ0) is 24.5. The van der Waals surface area contributed by atoms with Gasteiger partial charge in [0, 0.05) is 57.4 Å². The van der Waals surface area contributed by atoms with E-state index in [2.05, 4.69) is 11.8 Å². The third-order valence-corrected chi connectivity index (χ3v) is 9.40. The van der Waals surface area contributed by atoms with Crippen LogP contribution in [0.2, 0.25) is 0 Å². The Bertz CT molecular complexity index is 1210. The monoisotopic (exact) mass is 488 g/mol. The number of likely N-dealkylation sites (N-methyl/N-ethyl adjacent to an activating group) is 1. The Morgan fingerprint density at radius 1 is 1.03 bits per heavy atom. The van der Waals surface area contributed by atoms with Crippen molar-refractivity contribution in [3.8, 4) is 0 Å². The first-order valence-electron chi connectivity index (χ1n) is 12.4. The summed E-state index contributed by atoms with van der Waals surface area (Å²) in [4.78, 5) is 30.9. The lowest BCUT2D eigenvalue weighted by atomic mass is 9.96. The summed E-state index contributed by atoms with van der Waals surface area (Å²) >= 11 is 0. The summed E-state index contributed by atoms with van der Waals surface area (Å²) in [5.74, 6) is -0.280. The molecule has 2 heterocycles. The molecule has 1 amide bonds. The molecule has 0 N–H and O–H groups in total. The van der Waals surface area contributed by atoms with Crippen molar-refractivity contribution in [2.45, 2.75) is 63.4 Å². The summed E-state index contributed by atoms with van der Waals surface area (Å²) in [6, 6.07) is 4.71. The SMILES string of the molecule is CCN1CCN(C(=O)c2cn(CC)c3ccc(S(=O)(=O)N(C)C4CCCCC4)cc3c2=O)CC1. The van der Waals surface area contributed by atoms with Crippen molar-refractivity contribution in [1.82, 2.24) is 18.7 Å². The van der Waals surface area contributed by atoms with Crippen LogP contribution in [0.5, 0.6) is 0 Å². The molecule has 0 unspecified atom stereocenters. The number of pyridine rings is 1. The van der Waals surface area contributed by atoms with Crippen LogP contribution in [0.15, 0.2) is 34.1 Å². The molecule has 2 fully saturated rings. The number of fused-ring (bicyclic) bond motifs is 1. The Labute approximate surface area is 202 Å². The molecule has 1 aliphatic carbocycles. The maximum absolute atomic E-state index is 13.5. The summed E-state index contributed by atoms with van der Waals surface area (Å²) in [7, 11) is -2.11. The first kappa shape index (κ1) is 24.9. The van der Waals surface area contributed by atoms with Crippen molar-refractivity contribution >= 4 is 26.8 Å². The van der Waals surface area contributed by atoms with Crippen LogP contribution in [-0.4, -0.2) is 78.8 Å². The zero-order valence-electron chi connectivity index (χ0n) is 20.5. The number of rotatable bonds is 6. The van der Waals surface area contributed by atoms with Crippen molar-refractivity contribution in [3.63, 3.8) is 0 Å². The van der Waals surface area contributed by atoms with Gasteiger partial charge in [-0.15, -0.1) is 0 Å². The lowest BCUT2D eigenvalue weighted by Crippen LogP contribution is -2.49. The van der Waals surface area contributed by atoms with Crippen molar-refractivity contribution < 1.29 is 13.2 Å². The van der Waals surface area contributed by atoms with E-state index in [1.165, 1.54) is 10.4 Å². The molecule has 4 rings (SSSR count). The van der Waals surface area contributed by atoms with Gasteiger partial charge in [0.1, 0.15) is 5.56 Å². The van der Waals surface area contributed by atoms with Crippen LogP contribution in [0, 0.1) is 0 Å². The number of hydrogen-bond acceptors (Lipinski definition) is 5. The molecule has 0 bridgehead atoms. The average Bonchev–Trinajstić information content (AvgIpc) is 2.88.